The van der Waals surface area contributed by atoms with E-state index in [1.165, 1.54) is 18.2 Å². The Morgan fingerprint density at radius 2 is 1.80 bits per heavy atom. The fourth-order valence-electron chi connectivity index (χ4n) is 1.43. The molecule has 0 unspecified atom stereocenters. The van der Waals surface area contributed by atoms with Crippen LogP contribution in [0.15, 0.2) is 18.2 Å². The van der Waals surface area contributed by atoms with Gasteiger partial charge in [0.1, 0.15) is 17.4 Å². The molecule has 1 nitrogen and oxygen atoms in total. The van der Waals surface area contributed by atoms with Gasteiger partial charge >= 0.3 is 0 Å². The fraction of sp³-hybridized carbons (Fsp3) is 0.417. The fourth-order valence-corrected chi connectivity index (χ4v) is 1.43. The van der Waals surface area contributed by atoms with Crippen LogP contribution >= 0.6 is 0 Å². The summed E-state index contributed by atoms with van der Waals surface area (Å²) in [6.45, 7) is 3.80. The lowest BCUT2D eigenvalue weighted by molar-refractivity contribution is -0.119. The van der Waals surface area contributed by atoms with Crippen molar-refractivity contribution in [1.82, 2.24) is 0 Å². The van der Waals surface area contributed by atoms with Crippen LogP contribution < -0.4 is 0 Å². The predicted molar refractivity (Wildman–Crippen MR) is 54.5 cm³/mol. The average molecular weight is 212 g/mol. The Morgan fingerprint density at radius 1 is 1.27 bits per heavy atom. The third-order valence-electron chi connectivity index (χ3n) is 2.07. The molecular formula is C12H14F2O. The van der Waals surface area contributed by atoms with E-state index in [1.807, 2.05) is 13.8 Å². The highest BCUT2D eigenvalue weighted by Gasteiger charge is 2.13. The van der Waals surface area contributed by atoms with Crippen LogP contribution in [-0.4, -0.2) is 5.78 Å². The molecule has 0 aliphatic carbocycles. The van der Waals surface area contributed by atoms with Crippen molar-refractivity contribution in [1.29, 1.82) is 0 Å². The highest BCUT2D eigenvalue weighted by atomic mass is 19.1. The number of hydrogen-bond donors (Lipinski definition) is 0. The van der Waals surface area contributed by atoms with Gasteiger partial charge in [-0.05, 0) is 18.1 Å². The van der Waals surface area contributed by atoms with Gasteiger partial charge < -0.3 is 0 Å². The van der Waals surface area contributed by atoms with E-state index in [4.69, 9.17) is 0 Å². The molecule has 0 aromatic heterocycles. The summed E-state index contributed by atoms with van der Waals surface area (Å²) in [5.41, 5.74) is -0.122. The maximum absolute atomic E-state index is 13.2. The molecule has 0 heterocycles. The summed E-state index contributed by atoms with van der Waals surface area (Å²) in [5, 5.41) is 0. The molecule has 0 saturated heterocycles. The first kappa shape index (κ1) is 11.8. The molecule has 0 bridgehead atoms. The zero-order valence-corrected chi connectivity index (χ0v) is 8.89. The summed E-state index contributed by atoms with van der Waals surface area (Å²) < 4.78 is 26.3. The van der Waals surface area contributed by atoms with Crippen molar-refractivity contribution in [3.8, 4) is 0 Å². The van der Waals surface area contributed by atoms with Crippen LogP contribution in [0.5, 0.6) is 0 Å². The molecule has 1 rings (SSSR count). The standard InChI is InChI=1S/C12H14F2O/c1-8(2)6-9(15)7-10-11(13)4-3-5-12(10)14/h3-5,8H,6-7H2,1-2H3. The van der Waals surface area contributed by atoms with Gasteiger partial charge in [0.15, 0.2) is 0 Å². The first-order valence-corrected chi connectivity index (χ1v) is 4.95. The average Bonchev–Trinajstić information content (AvgIpc) is 2.10. The van der Waals surface area contributed by atoms with Gasteiger partial charge in [-0.25, -0.2) is 8.78 Å². The van der Waals surface area contributed by atoms with Gasteiger partial charge in [0.2, 0.25) is 0 Å². The third-order valence-corrected chi connectivity index (χ3v) is 2.07. The van der Waals surface area contributed by atoms with Crippen molar-refractivity contribution in [2.24, 2.45) is 5.92 Å². The van der Waals surface area contributed by atoms with Crippen molar-refractivity contribution in [3.05, 3.63) is 35.4 Å². The van der Waals surface area contributed by atoms with Gasteiger partial charge in [-0.3, -0.25) is 4.79 Å². The van der Waals surface area contributed by atoms with Crippen LogP contribution in [0.4, 0.5) is 8.78 Å². The molecule has 0 amide bonds. The van der Waals surface area contributed by atoms with Gasteiger partial charge in [0.05, 0.1) is 0 Å². The molecule has 0 spiro atoms. The normalized spacial score (nSPS) is 10.7. The molecule has 1 aromatic rings. The molecule has 82 valence electrons. The summed E-state index contributed by atoms with van der Waals surface area (Å²) in [7, 11) is 0. The van der Waals surface area contributed by atoms with E-state index >= 15 is 0 Å². The van der Waals surface area contributed by atoms with E-state index in [9.17, 15) is 13.6 Å². The van der Waals surface area contributed by atoms with Crippen LogP contribution in [-0.2, 0) is 11.2 Å². The minimum absolute atomic E-state index is 0.122. The number of hydrogen-bond acceptors (Lipinski definition) is 1. The van der Waals surface area contributed by atoms with Crippen molar-refractivity contribution in [2.45, 2.75) is 26.7 Å². The lowest BCUT2D eigenvalue weighted by atomic mass is 10.0. The Kier molecular flexibility index (Phi) is 3.95. The molecule has 0 radical (unpaired) electrons. The van der Waals surface area contributed by atoms with Crippen molar-refractivity contribution in [2.75, 3.05) is 0 Å². The summed E-state index contributed by atoms with van der Waals surface area (Å²) in [4.78, 5) is 11.4. The summed E-state index contributed by atoms with van der Waals surface area (Å²) >= 11 is 0. The van der Waals surface area contributed by atoms with Gasteiger partial charge in [-0.15, -0.1) is 0 Å². The van der Waals surface area contributed by atoms with E-state index in [2.05, 4.69) is 0 Å². The van der Waals surface area contributed by atoms with E-state index in [-0.39, 0.29) is 23.7 Å². The molecule has 0 aliphatic heterocycles. The molecule has 1 aromatic carbocycles. The number of carbonyl (C=O) groups is 1. The zero-order chi connectivity index (χ0) is 11.4. The van der Waals surface area contributed by atoms with E-state index < -0.39 is 11.6 Å². The SMILES string of the molecule is CC(C)CC(=O)Cc1c(F)cccc1F. The Balaban J connectivity index is 2.76. The first-order chi connectivity index (χ1) is 7.00. The summed E-state index contributed by atoms with van der Waals surface area (Å²) in [6, 6.07) is 3.63. The Hall–Kier alpha value is -1.25. The smallest absolute Gasteiger partial charge is 0.137 e. The van der Waals surface area contributed by atoms with E-state index in [0.717, 1.165) is 0 Å². The lowest BCUT2D eigenvalue weighted by Crippen LogP contribution is -2.09. The van der Waals surface area contributed by atoms with Crippen LogP contribution in [0.25, 0.3) is 0 Å². The Morgan fingerprint density at radius 3 is 2.27 bits per heavy atom. The van der Waals surface area contributed by atoms with Gasteiger partial charge in [-0.2, -0.15) is 0 Å². The lowest BCUT2D eigenvalue weighted by Gasteiger charge is -2.05. The minimum Gasteiger partial charge on any atom is -0.299 e. The molecular weight excluding hydrogens is 198 g/mol. The maximum Gasteiger partial charge on any atom is 0.137 e. The van der Waals surface area contributed by atoms with Crippen molar-refractivity contribution >= 4 is 5.78 Å². The van der Waals surface area contributed by atoms with Crippen LogP contribution in [0.2, 0.25) is 0 Å². The molecule has 0 saturated carbocycles. The Labute approximate surface area is 88.1 Å². The first-order valence-electron chi connectivity index (χ1n) is 4.95. The minimum atomic E-state index is -0.646. The topological polar surface area (TPSA) is 17.1 Å². The second-order valence-corrected chi connectivity index (χ2v) is 4.01. The highest BCUT2D eigenvalue weighted by molar-refractivity contribution is 5.81. The van der Waals surface area contributed by atoms with Crippen LogP contribution in [0.3, 0.4) is 0 Å². The number of rotatable bonds is 4. The van der Waals surface area contributed by atoms with Crippen LogP contribution in [0, 0.1) is 17.6 Å². The summed E-state index contributed by atoms with van der Waals surface area (Å²) in [6.07, 6.45) is 0.199. The molecule has 15 heavy (non-hydrogen) atoms. The number of ketones is 1. The van der Waals surface area contributed by atoms with Crippen molar-refractivity contribution in [3.63, 3.8) is 0 Å². The molecule has 3 heteroatoms. The van der Waals surface area contributed by atoms with E-state index in [0.29, 0.717) is 6.42 Å². The largest absolute Gasteiger partial charge is 0.299 e. The highest BCUT2D eigenvalue weighted by Crippen LogP contribution is 2.14. The number of carbonyl (C=O) groups excluding carboxylic acids is 1. The molecule has 0 aliphatic rings. The quantitative estimate of drug-likeness (QED) is 0.749. The Bertz CT molecular complexity index is 338. The van der Waals surface area contributed by atoms with Gasteiger partial charge in [0, 0.05) is 18.4 Å². The second kappa shape index (κ2) is 5.01. The number of Topliss-reactive ketones (excluding diaryl/α,β-unsaturated/α-hetero) is 1. The number of halogens is 2. The number of benzene rings is 1. The van der Waals surface area contributed by atoms with Gasteiger partial charge in [0.25, 0.3) is 0 Å². The zero-order valence-electron chi connectivity index (χ0n) is 8.89. The monoisotopic (exact) mass is 212 g/mol. The van der Waals surface area contributed by atoms with E-state index in [1.54, 1.807) is 0 Å². The molecule has 0 N–H and O–H groups in total. The maximum atomic E-state index is 13.2. The third kappa shape index (κ3) is 3.42. The van der Waals surface area contributed by atoms with Crippen molar-refractivity contribution < 1.29 is 13.6 Å². The predicted octanol–water partition coefficient (Wildman–Crippen LogP) is 3.12. The second-order valence-electron chi connectivity index (χ2n) is 4.01. The van der Waals surface area contributed by atoms with Gasteiger partial charge in [-0.1, -0.05) is 19.9 Å². The van der Waals surface area contributed by atoms with Crippen LogP contribution in [0.1, 0.15) is 25.8 Å². The molecule has 0 atom stereocenters. The summed E-state index contributed by atoms with van der Waals surface area (Å²) in [5.74, 6) is -1.21. The molecule has 0 fully saturated rings.